The van der Waals surface area contributed by atoms with Gasteiger partial charge < -0.3 is 5.11 Å². The lowest BCUT2D eigenvalue weighted by Crippen LogP contribution is -2.44. The fourth-order valence-electron chi connectivity index (χ4n) is 2.34. The van der Waals surface area contributed by atoms with Gasteiger partial charge in [-0.05, 0) is 82.1 Å². The van der Waals surface area contributed by atoms with Crippen LogP contribution in [0.4, 0.5) is 0 Å². The summed E-state index contributed by atoms with van der Waals surface area (Å²) < 4.78 is 66.1. The lowest BCUT2D eigenvalue weighted by molar-refractivity contribution is -0.139. The number of carboxylic acids is 1. The maximum Gasteiger partial charge on any atom is 0.324 e. The number of carboxylic acid groups (broad SMARTS) is 1. The Morgan fingerprint density at radius 1 is 0.706 bits per heavy atom. The smallest absolute Gasteiger partial charge is 0.324 e. The van der Waals surface area contributed by atoms with Gasteiger partial charge in [0, 0.05) is 0 Å². The summed E-state index contributed by atoms with van der Waals surface area (Å²) in [7, 11) is -9.27. The summed E-state index contributed by atoms with van der Waals surface area (Å²) in [6.45, 7) is 19.8. The normalized spacial score (nSPS) is 13.3. The molecule has 0 unspecified atom stereocenters. The largest absolute Gasteiger partial charge is 0.480 e. The van der Waals surface area contributed by atoms with Crippen molar-refractivity contribution < 1.29 is 35.2 Å². The second-order valence-electron chi connectivity index (χ2n) is 10.2. The van der Waals surface area contributed by atoms with Gasteiger partial charge in [0.15, 0.2) is 34.3 Å². The van der Waals surface area contributed by atoms with E-state index in [-0.39, 0.29) is 10.5 Å². The van der Waals surface area contributed by atoms with E-state index in [1.165, 1.54) is 27.7 Å². The molecule has 0 aromatic heterocycles. The molecule has 0 atom stereocenters. The molecule has 0 saturated carbocycles. The maximum atomic E-state index is 11.6. The zero-order valence-electron chi connectivity index (χ0n) is 23.3. The van der Waals surface area contributed by atoms with Crippen molar-refractivity contribution in [3.8, 4) is 0 Å². The monoisotopic (exact) mass is 550 g/mol. The molecule has 208 valence electrons. The van der Waals surface area contributed by atoms with Crippen molar-refractivity contribution in [1.82, 2.24) is 0 Å². The Bertz CT molecular complexity index is 909. The van der Waals surface area contributed by atoms with E-state index in [2.05, 4.69) is 6.92 Å². The van der Waals surface area contributed by atoms with E-state index in [9.17, 15) is 30.0 Å². The molecule has 11 heteroatoms. The summed E-state index contributed by atoms with van der Waals surface area (Å²) in [6.07, 6.45) is 3.59. The van der Waals surface area contributed by atoms with Crippen molar-refractivity contribution in [2.24, 2.45) is 0 Å². The summed E-state index contributed by atoms with van der Waals surface area (Å²) in [4.78, 5) is 10.6. The van der Waals surface area contributed by atoms with Crippen LogP contribution in [0.1, 0.15) is 109 Å². The number of unbranched alkanes of at least 4 members (excludes halogenated alkanes) is 2. The minimum atomic E-state index is -3.58. The van der Waals surface area contributed by atoms with E-state index in [4.69, 9.17) is 5.11 Å². The molecule has 34 heavy (non-hydrogen) atoms. The highest BCUT2D eigenvalue weighted by atomic mass is 32.2. The van der Waals surface area contributed by atoms with Gasteiger partial charge in [0.1, 0.15) is 0 Å². The zero-order valence-corrected chi connectivity index (χ0v) is 25.7. The Hall–Kier alpha value is -0.680. The highest BCUT2D eigenvalue weighted by Crippen LogP contribution is 2.24. The van der Waals surface area contributed by atoms with Gasteiger partial charge >= 0.3 is 5.97 Å². The third-order valence-corrected chi connectivity index (χ3v) is 14.0. The second-order valence-corrected chi connectivity index (χ2v) is 19.1. The van der Waals surface area contributed by atoms with Gasteiger partial charge in [-0.25, -0.2) is 25.3 Å². The van der Waals surface area contributed by atoms with E-state index < -0.39 is 50.2 Å². The summed E-state index contributed by atoms with van der Waals surface area (Å²) in [6, 6.07) is 0. The fourth-order valence-corrected chi connectivity index (χ4v) is 6.52. The van der Waals surface area contributed by atoms with Crippen molar-refractivity contribution in [2.75, 3.05) is 5.75 Å². The molecule has 0 radical (unpaired) electrons. The van der Waals surface area contributed by atoms with Crippen LogP contribution in [0.3, 0.4) is 0 Å². The molecule has 0 heterocycles. The molecule has 8 nitrogen and oxygen atoms in total. The predicted octanol–water partition coefficient (Wildman–Crippen LogP) is 4.67. The van der Waals surface area contributed by atoms with E-state index in [0.717, 1.165) is 19.3 Å². The number of carbonyl (C=O) groups is 1. The molecular weight excluding hydrogens is 500 g/mol. The topological polar surface area (TPSA) is 140 Å². The van der Waals surface area contributed by atoms with Crippen LogP contribution in [-0.4, -0.2) is 67.3 Å². The Balaban J connectivity index is -0.000000425. The highest BCUT2D eigenvalue weighted by molar-refractivity contribution is 7.94. The molecule has 0 aromatic carbocycles. The quantitative estimate of drug-likeness (QED) is 0.366. The molecule has 1 N–H and O–H groups in total. The lowest BCUT2D eigenvalue weighted by Gasteiger charge is -2.25. The molecule has 0 fully saturated rings. The van der Waals surface area contributed by atoms with Crippen LogP contribution in [0.2, 0.25) is 0 Å². The van der Waals surface area contributed by atoms with Crippen LogP contribution < -0.4 is 0 Å². The lowest BCUT2D eigenvalue weighted by atomic mass is 10.1. The first-order chi connectivity index (χ1) is 14.9. The number of rotatable bonds is 11. The molecule has 0 aliphatic carbocycles. The Kier molecular flexibility index (Phi) is 16.5. The summed E-state index contributed by atoms with van der Waals surface area (Å²) in [5.74, 6) is -0.949. The minimum Gasteiger partial charge on any atom is -0.480 e. The van der Waals surface area contributed by atoms with Crippen LogP contribution in [0.15, 0.2) is 0 Å². The third kappa shape index (κ3) is 11.4. The average molecular weight is 551 g/mol. The van der Waals surface area contributed by atoms with Crippen LogP contribution in [0.5, 0.6) is 0 Å². The van der Waals surface area contributed by atoms with E-state index in [0.29, 0.717) is 12.2 Å². The molecule has 0 saturated heterocycles. The SMILES string of the molecule is CC(C)S(=O)(=O)C(C)(C)C(=O)O.CCC(C)(C)S(=O)(=O)C(C)C.CCCCCS(=O)(=O)C(C)C. The molecule has 0 bridgehead atoms. The zero-order chi connectivity index (χ0) is 28.3. The molecule has 0 rings (SSSR count). The number of aliphatic carboxylic acids is 1. The van der Waals surface area contributed by atoms with Crippen molar-refractivity contribution in [3.63, 3.8) is 0 Å². The molecule has 0 amide bonds. The van der Waals surface area contributed by atoms with Gasteiger partial charge in [0.2, 0.25) is 0 Å². The number of sulfone groups is 3. The summed E-state index contributed by atoms with van der Waals surface area (Å²) >= 11 is 0. The predicted molar refractivity (Wildman–Crippen MR) is 143 cm³/mol. The Labute approximate surface area is 210 Å². The number of hydrogen-bond acceptors (Lipinski definition) is 7. The van der Waals surface area contributed by atoms with E-state index in [1.54, 1.807) is 41.5 Å². The summed E-state index contributed by atoms with van der Waals surface area (Å²) in [5.41, 5.74) is 0. The third-order valence-electron chi connectivity index (χ3n) is 5.84. The van der Waals surface area contributed by atoms with Gasteiger partial charge in [-0.15, -0.1) is 0 Å². The van der Waals surface area contributed by atoms with Crippen molar-refractivity contribution in [1.29, 1.82) is 0 Å². The highest BCUT2D eigenvalue weighted by Gasteiger charge is 2.43. The fraction of sp³-hybridized carbons (Fsp3) is 0.957. The van der Waals surface area contributed by atoms with Gasteiger partial charge in [-0.1, -0.05) is 26.7 Å². The van der Waals surface area contributed by atoms with Gasteiger partial charge in [-0.2, -0.15) is 0 Å². The van der Waals surface area contributed by atoms with Crippen molar-refractivity contribution >= 4 is 35.5 Å². The standard InChI is InChI=1S/2C8H18O2S.C7H14O4S/c1-6-8(4,5)11(9,10)7(2)3;1-4-5-6-7-11(9,10)8(2)3;1-5(2)12(10,11)7(3,4)6(8)9/h7H,6H2,1-5H3;8H,4-7H2,1-3H3;5H,1-4H3,(H,8,9). The molecule has 0 aliphatic rings. The summed E-state index contributed by atoms with van der Waals surface area (Å²) in [5, 5.41) is 7.51. The Morgan fingerprint density at radius 2 is 1.09 bits per heavy atom. The van der Waals surface area contributed by atoms with Gasteiger partial charge in [-0.3, -0.25) is 4.79 Å². The Morgan fingerprint density at radius 3 is 1.26 bits per heavy atom. The molecule has 0 spiro atoms. The van der Waals surface area contributed by atoms with Crippen LogP contribution in [-0.2, 0) is 34.3 Å². The first-order valence-corrected chi connectivity index (χ1v) is 16.6. The molecule has 0 aromatic rings. The number of hydrogen-bond donors (Lipinski definition) is 1. The second kappa shape index (κ2) is 14.8. The van der Waals surface area contributed by atoms with Crippen molar-refractivity contribution in [3.05, 3.63) is 0 Å². The van der Waals surface area contributed by atoms with Crippen LogP contribution in [0, 0.1) is 0 Å². The maximum absolute atomic E-state index is 11.6. The molecular formula is C23H50O8S3. The average Bonchev–Trinajstić information content (AvgIpc) is 2.68. The van der Waals surface area contributed by atoms with Gasteiger partial charge in [0.05, 0.1) is 26.2 Å². The minimum absolute atomic E-state index is 0.209. The first kappa shape index (κ1) is 37.9. The molecule has 0 aliphatic heterocycles. The van der Waals surface area contributed by atoms with Gasteiger partial charge in [0.25, 0.3) is 0 Å². The van der Waals surface area contributed by atoms with E-state index in [1.807, 2.05) is 6.92 Å². The van der Waals surface area contributed by atoms with Crippen LogP contribution in [0.25, 0.3) is 0 Å². The van der Waals surface area contributed by atoms with Crippen molar-refractivity contribution in [2.45, 2.75) is 134 Å². The van der Waals surface area contributed by atoms with E-state index >= 15 is 0 Å². The van der Waals surface area contributed by atoms with Crippen LogP contribution >= 0.6 is 0 Å². The first-order valence-electron chi connectivity index (χ1n) is 11.8.